The van der Waals surface area contributed by atoms with Crippen molar-refractivity contribution in [1.29, 1.82) is 0 Å². The van der Waals surface area contributed by atoms with E-state index in [4.69, 9.17) is 14.9 Å². The van der Waals surface area contributed by atoms with Gasteiger partial charge in [0, 0.05) is 19.1 Å². The van der Waals surface area contributed by atoms with Crippen LogP contribution in [0.4, 0.5) is 0 Å². The summed E-state index contributed by atoms with van der Waals surface area (Å²) in [6.07, 6.45) is 4.17. The molecule has 1 aromatic carbocycles. The molecular weight excluding hydrogens is 228 g/mol. The number of oxazole rings is 1. The van der Waals surface area contributed by atoms with Gasteiger partial charge in [-0.3, -0.25) is 0 Å². The normalized spacial score (nSPS) is 22.2. The number of hydrogen-bond acceptors (Lipinski definition) is 4. The zero-order valence-electron chi connectivity index (χ0n) is 10.3. The summed E-state index contributed by atoms with van der Waals surface area (Å²) in [6, 6.07) is 7.75. The minimum Gasteiger partial charge on any atom is -0.441 e. The van der Waals surface area contributed by atoms with E-state index in [1.165, 1.54) is 6.42 Å². The third-order valence-corrected chi connectivity index (χ3v) is 3.44. The standard InChI is InChI=1S/C14H18N2O2/c15-10(12-6-3-4-8-17-12)9-14-16-11-5-1-2-7-13(11)18-14/h1-2,5,7,10,12H,3-4,6,8-9,15H2. The monoisotopic (exact) mass is 246 g/mol. The Balaban J connectivity index is 1.71. The number of aromatic nitrogens is 1. The fourth-order valence-corrected chi connectivity index (χ4v) is 2.44. The molecule has 2 atom stereocenters. The minimum absolute atomic E-state index is 0.0293. The van der Waals surface area contributed by atoms with Crippen LogP contribution in [0.3, 0.4) is 0 Å². The molecule has 0 radical (unpaired) electrons. The molecule has 18 heavy (non-hydrogen) atoms. The minimum atomic E-state index is -0.0293. The lowest BCUT2D eigenvalue weighted by Crippen LogP contribution is -2.40. The van der Waals surface area contributed by atoms with Gasteiger partial charge in [-0.05, 0) is 31.4 Å². The van der Waals surface area contributed by atoms with E-state index in [1.54, 1.807) is 0 Å². The molecule has 4 heteroatoms. The van der Waals surface area contributed by atoms with Gasteiger partial charge in [0.05, 0.1) is 6.10 Å². The second-order valence-electron chi connectivity index (χ2n) is 4.85. The first kappa shape index (κ1) is 11.7. The van der Waals surface area contributed by atoms with Gasteiger partial charge in [0.15, 0.2) is 11.5 Å². The number of ether oxygens (including phenoxy) is 1. The van der Waals surface area contributed by atoms with Crippen molar-refractivity contribution in [3.8, 4) is 0 Å². The van der Waals surface area contributed by atoms with E-state index in [0.29, 0.717) is 12.3 Å². The van der Waals surface area contributed by atoms with Crippen molar-refractivity contribution >= 4 is 11.1 Å². The zero-order chi connectivity index (χ0) is 12.4. The van der Waals surface area contributed by atoms with Crippen LogP contribution < -0.4 is 5.73 Å². The molecule has 1 fully saturated rings. The summed E-state index contributed by atoms with van der Waals surface area (Å²) in [5.74, 6) is 0.706. The molecule has 2 aromatic rings. The molecule has 0 saturated carbocycles. The Morgan fingerprint density at radius 1 is 1.33 bits per heavy atom. The first-order chi connectivity index (χ1) is 8.83. The average molecular weight is 246 g/mol. The Labute approximate surface area is 106 Å². The first-order valence-electron chi connectivity index (χ1n) is 6.54. The maximum Gasteiger partial charge on any atom is 0.197 e. The third kappa shape index (κ3) is 2.40. The molecule has 2 N–H and O–H groups in total. The van der Waals surface area contributed by atoms with Crippen molar-refractivity contribution in [2.75, 3.05) is 6.61 Å². The summed E-state index contributed by atoms with van der Waals surface area (Å²) < 4.78 is 11.4. The van der Waals surface area contributed by atoms with Gasteiger partial charge in [-0.2, -0.15) is 0 Å². The summed E-state index contributed by atoms with van der Waals surface area (Å²) in [5, 5.41) is 0. The summed E-state index contributed by atoms with van der Waals surface area (Å²) in [4.78, 5) is 4.45. The van der Waals surface area contributed by atoms with Gasteiger partial charge in [-0.15, -0.1) is 0 Å². The Hall–Kier alpha value is -1.39. The van der Waals surface area contributed by atoms with E-state index in [9.17, 15) is 0 Å². The van der Waals surface area contributed by atoms with Gasteiger partial charge in [-0.25, -0.2) is 4.98 Å². The molecule has 96 valence electrons. The number of para-hydroxylation sites is 2. The summed E-state index contributed by atoms with van der Waals surface area (Å²) >= 11 is 0. The second kappa shape index (κ2) is 5.08. The quantitative estimate of drug-likeness (QED) is 0.902. The largest absolute Gasteiger partial charge is 0.441 e. The number of nitrogens with two attached hydrogens (primary N) is 1. The Morgan fingerprint density at radius 3 is 3.00 bits per heavy atom. The molecule has 2 unspecified atom stereocenters. The highest BCUT2D eigenvalue weighted by molar-refractivity contribution is 5.72. The van der Waals surface area contributed by atoms with Crippen LogP contribution in [0.1, 0.15) is 25.2 Å². The Bertz CT molecular complexity index is 484. The predicted molar refractivity (Wildman–Crippen MR) is 69.3 cm³/mol. The fourth-order valence-electron chi connectivity index (χ4n) is 2.44. The van der Waals surface area contributed by atoms with Crippen molar-refractivity contribution in [3.63, 3.8) is 0 Å². The van der Waals surface area contributed by atoms with Gasteiger partial charge >= 0.3 is 0 Å². The van der Waals surface area contributed by atoms with Crippen molar-refractivity contribution < 1.29 is 9.15 Å². The topological polar surface area (TPSA) is 61.3 Å². The van der Waals surface area contributed by atoms with Crippen molar-refractivity contribution in [3.05, 3.63) is 30.2 Å². The molecular formula is C14H18N2O2. The highest BCUT2D eigenvalue weighted by atomic mass is 16.5. The van der Waals surface area contributed by atoms with Gasteiger partial charge in [0.25, 0.3) is 0 Å². The van der Waals surface area contributed by atoms with Crippen LogP contribution in [0.5, 0.6) is 0 Å². The Kier molecular flexibility index (Phi) is 3.30. The highest BCUT2D eigenvalue weighted by Crippen LogP contribution is 2.19. The summed E-state index contributed by atoms with van der Waals surface area (Å²) in [6.45, 7) is 0.825. The van der Waals surface area contributed by atoms with Gasteiger partial charge in [0.2, 0.25) is 0 Å². The lowest BCUT2D eigenvalue weighted by atomic mass is 10.0. The van der Waals surface area contributed by atoms with Gasteiger partial charge < -0.3 is 14.9 Å². The van der Waals surface area contributed by atoms with Crippen LogP contribution in [-0.2, 0) is 11.2 Å². The molecule has 4 nitrogen and oxygen atoms in total. The predicted octanol–water partition coefficient (Wildman–Crippen LogP) is 2.27. The van der Waals surface area contributed by atoms with Crippen molar-refractivity contribution in [2.45, 2.75) is 37.8 Å². The zero-order valence-corrected chi connectivity index (χ0v) is 10.3. The molecule has 1 aliphatic heterocycles. The van der Waals surface area contributed by atoms with Crippen molar-refractivity contribution in [1.82, 2.24) is 4.98 Å². The smallest absolute Gasteiger partial charge is 0.197 e. The lowest BCUT2D eigenvalue weighted by Gasteiger charge is -2.27. The van der Waals surface area contributed by atoms with E-state index in [0.717, 1.165) is 30.5 Å². The molecule has 3 rings (SSSR count). The molecule has 0 amide bonds. The van der Waals surface area contributed by atoms with E-state index in [-0.39, 0.29) is 12.1 Å². The van der Waals surface area contributed by atoms with E-state index >= 15 is 0 Å². The average Bonchev–Trinajstić information content (AvgIpc) is 2.82. The molecule has 0 aliphatic carbocycles. The summed E-state index contributed by atoms with van der Waals surface area (Å²) in [7, 11) is 0. The number of fused-ring (bicyclic) bond motifs is 1. The highest BCUT2D eigenvalue weighted by Gasteiger charge is 2.23. The number of hydrogen-bond donors (Lipinski definition) is 1. The van der Waals surface area contributed by atoms with Gasteiger partial charge in [-0.1, -0.05) is 12.1 Å². The molecule has 1 aliphatic rings. The van der Waals surface area contributed by atoms with E-state index in [1.807, 2.05) is 24.3 Å². The summed E-state index contributed by atoms with van der Waals surface area (Å²) in [5.41, 5.74) is 7.89. The third-order valence-electron chi connectivity index (χ3n) is 3.44. The first-order valence-corrected chi connectivity index (χ1v) is 6.54. The molecule has 0 spiro atoms. The SMILES string of the molecule is NC(Cc1nc2ccccc2o1)C1CCCCO1. The second-order valence-corrected chi connectivity index (χ2v) is 4.85. The molecule has 0 bridgehead atoms. The van der Waals surface area contributed by atoms with E-state index in [2.05, 4.69) is 4.98 Å². The van der Waals surface area contributed by atoms with Crippen LogP contribution in [0.2, 0.25) is 0 Å². The lowest BCUT2D eigenvalue weighted by molar-refractivity contribution is -0.000374. The fraction of sp³-hybridized carbons (Fsp3) is 0.500. The molecule has 1 saturated heterocycles. The molecule has 2 heterocycles. The number of benzene rings is 1. The maximum absolute atomic E-state index is 6.18. The van der Waals surface area contributed by atoms with E-state index < -0.39 is 0 Å². The molecule has 1 aromatic heterocycles. The van der Waals surface area contributed by atoms with Crippen LogP contribution in [0, 0.1) is 0 Å². The van der Waals surface area contributed by atoms with Crippen LogP contribution >= 0.6 is 0 Å². The number of rotatable bonds is 3. The Morgan fingerprint density at radius 2 is 2.22 bits per heavy atom. The van der Waals surface area contributed by atoms with Gasteiger partial charge in [0.1, 0.15) is 5.52 Å². The van der Waals surface area contributed by atoms with Crippen LogP contribution in [-0.4, -0.2) is 23.7 Å². The number of nitrogens with zero attached hydrogens (tertiary/aromatic N) is 1. The van der Waals surface area contributed by atoms with Crippen LogP contribution in [0.25, 0.3) is 11.1 Å². The van der Waals surface area contributed by atoms with Crippen molar-refractivity contribution in [2.24, 2.45) is 5.73 Å². The van der Waals surface area contributed by atoms with Crippen LogP contribution in [0.15, 0.2) is 28.7 Å². The maximum atomic E-state index is 6.18.